The molecule has 0 aliphatic carbocycles. The van der Waals surface area contributed by atoms with Gasteiger partial charge in [-0.25, -0.2) is 0 Å². The quantitative estimate of drug-likeness (QED) is 0.758. The maximum Gasteiger partial charge on any atom is 0.201 e. The summed E-state index contributed by atoms with van der Waals surface area (Å²) in [5.74, 6) is 0.419. The standard InChI is InChI=1S/C13H12O3/c1-9-5-7-10(8-6-9)16-12-4-2-3-11(14)13(12)15/h2-8,14-15H,1H3. The number of hydrogen-bond acceptors (Lipinski definition) is 3. The van der Waals surface area contributed by atoms with E-state index < -0.39 is 0 Å². The largest absolute Gasteiger partial charge is 0.504 e. The first-order valence-electron chi connectivity index (χ1n) is 4.92. The molecule has 2 aromatic carbocycles. The molecule has 0 bridgehead atoms. The molecule has 0 aliphatic heterocycles. The summed E-state index contributed by atoms with van der Waals surface area (Å²) in [6.07, 6.45) is 0. The Bertz CT molecular complexity index is 489. The van der Waals surface area contributed by atoms with Crippen LogP contribution in [-0.2, 0) is 0 Å². The fourth-order valence-electron chi connectivity index (χ4n) is 1.33. The van der Waals surface area contributed by atoms with Gasteiger partial charge < -0.3 is 14.9 Å². The number of benzene rings is 2. The predicted molar refractivity (Wildman–Crippen MR) is 61.0 cm³/mol. The first-order chi connectivity index (χ1) is 7.66. The monoisotopic (exact) mass is 216 g/mol. The highest BCUT2D eigenvalue weighted by molar-refractivity contribution is 5.50. The van der Waals surface area contributed by atoms with Crippen LogP contribution in [0, 0.1) is 6.92 Å². The average molecular weight is 216 g/mol. The SMILES string of the molecule is Cc1ccc(Oc2cccc(O)c2O)cc1. The van der Waals surface area contributed by atoms with Gasteiger partial charge in [-0.2, -0.15) is 0 Å². The van der Waals surface area contributed by atoms with Crippen LogP contribution in [0.5, 0.6) is 23.0 Å². The number of ether oxygens (including phenoxy) is 1. The van der Waals surface area contributed by atoms with Crippen LogP contribution in [-0.4, -0.2) is 10.2 Å². The van der Waals surface area contributed by atoms with E-state index in [0.717, 1.165) is 5.56 Å². The van der Waals surface area contributed by atoms with Crippen molar-refractivity contribution in [2.75, 3.05) is 0 Å². The Labute approximate surface area is 93.6 Å². The van der Waals surface area contributed by atoms with Crippen LogP contribution in [0.4, 0.5) is 0 Å². The smallest absolute Gasteiger partial charge is 0.201 e. The molecule has 0 saturated heterocycles. The Morgan fingerprint density at radius 3 is 2.31 bits per heavy atom. The third-order valence-corrected chi connectivity index (χ3v) is 2.23. The minimum Gasteiger partial charge on any atom is -0.504 e. The molecular weight excluding hydrogens is 204 g/mol. The van der Waals surface area contributed by atoms with Gasteiger partial charge in [-0.15, -0.1) is 0 Å². The van der Waals surface area contributed by atoms with Crippen LogP contribution in [0.15, 0.2) is 42.5 Å². The van der Waals surface area contributed by atoms with Gasteiger partial charge in [0.15, 0.2) is 11.5 Å². The molecule has 0 amide bonds. The highest BCUT2D eigenvalue weighted by Gasteiger charge is 2.07. The molecule has 0 heterocycles. The molecule has 0 saturated carbocycles. The normalized spacial score (nSPS) is 10.1. The lowest BCUT2D eigenvalue weighted by Gasteiger charge is -2.08. The molecule has 2 N–H and O–H groups in total. The number of aromatic hydroxyl groups is 2. The van der Waals surface area contributed by atoms with Gasteiger partial charge in [0.1, 0.15) is 5.75 Å². The second-order valence-corrected chi connectivity index (χ2v) is 3.54. The Hall–Kier alpha value is -2.16. The van der Waals surface area contributed by atoms with Gasteiger partial charge >= 0.3 is 0 Å². The number of phenolic OH excluding ortho intramolecular Hbond substituents is 2. The maximum atomic E-state index is 9.54. The molecule has 16 heavy (non-hydrogen) atoms. The third-order valence-electron chi connectivity index (χ3n) is 2.23. The molecular formula is C13H12O3. The van der Waals surface area contributed by atoms with Crippen molar-refractivity contribution < 1.29 is 14.9 Å². The fraction of sp³-hybridized carbons (Fsp3) is 0.0769. The maximum absolute atomic E-state index is 9.54. The van der Waals surface area contributed by atoms with Crippen LogP contribution >= 0.6 is 0 Å². The van der Waals surface area contributed by atoms with Crippen LogP contribution in [0.2, 0.25) is 0 Å². The van der Waals surface area contributed by atoms with Crippen molar-refractivity contribution in [1.29, 1.82) is 0 Å². The molecule has 0 aromatic heterocycles. The van der Waals surface area contributed by atoms with Gasteiger partial charge in [-0.3, -0.25) is 0 Å². The van der Waals surface area contributed by atoms with E-state index in [1.165, 1.54) is 6.07 Å². The summed E-state index contributed by atoms with van der Waals surface area (Å²) < 4.78 is 5.43. The molecule has 0 radical (unpaired) electrons. The van der Waals surface area contributed by atoms with Crippen molar-refractivity contribution in [2.45, 2.75) is 6.92 Å². The first-order valence-corrected chi connectivity index (χ1v) is 4.92. The van der Waals surface area contributed by atoms with Crippen LogP contribution in [0.25, 0.3) is 0 Å². The molecule has 0 spiro atoms. The van der Waals surface area contributed by atoms with Gasteiger partial charge in [0.05, 0.1) is 0 Å². The Morgan fingerprint density at radius 1 is 0.938 bits per heavy atom. The Balaban J connectivity index is 2.27. The number of phenols is 2. The fourth-order valence-corrected chi connectivity index (χ4v) is 1.33. The van der Waals surface area contributed by atoms with E-state index in [0.29, 0.717) is 5.75 Å². The van der Waals surface area contributed by atoms with Crippen molar-refractivity contribution in [3.63, 3.8) is 0 Å². The van der Waals surface area contributed by atoms with Gasteiger partial charge in [0, 0.05) is 0 Å². The van der Waals surface area contributed by atoms with Crippen molar-refractivity contribution in [3.8, 4) is 23.0 Å². The third kappa shape index (κ3) is 2.08. The van der Waals surface area contributed by atoms with Crippen LogP contribution in [0.1, 0.15) is 5.56 Å². The zero-order valence-electron chi connectivity index (χ0n) is 8.84. The highest BCUT2D eigenvalue weighted by atomic mass is 16.5. The lowest BCUT2D eigenvalue weighted by Crippen LogP contribution is -1.85. The molecule has 0 atom stereocenters. The molecule has 0 aliphatic rings. The minimum atomic E-state index is -0.247. The van der Waals surface area contributed by atoms with Gasteiger partial charge in [-0.05, 0) is 31.2 Å². The second-order valence-electron chi connectivity index (χ2n) is 3.54. The molecule has 3 heteroatoms. The predicted octanol–water partition coefficient (Wildman–Crippen LogP) is 3.20. The molecule has 2 aromatic rings. The molecule has 0 fully saturated rings. The van der Waals surface area contributed by atoms with E-state index in [-0.39, 0.29) is 17.2 Å². The number of hydrogen-bond donors (Lipinski definition) is 2. The number of para-hydroxylation sites is 1. The summed E-state index contributed by atoms with van der Waals surface area (Å²) in [6.45, 7) is 1.98. The highest BCUT2D eigenvalue weighted by Crippen LogP contribution is 2.37. The van der Waals surface area contributed by atoms with Crippen LogP contribution in [0.3, 0.4) is 0 Å². The minimum absolute atomic E-state index is 0.190. The summed E-state index contributed by atoms with van der Waals surface area (Å²) >= 11 is 0. The molecule has 0 unspecified atom stereocenters. The first kappa shape index (κ1) is 10.4. The van der Waals surface area contributed by atoms with Crippen molar-refractivity contribution in [1.82, 2.24) is 0 Å². The summed E-state index contributed by atoms with van der Waals surface area (Å²) in [7, 11) is 0. The average Bonchev–Trinajstić information content (AvgIpc) is 2.28. The van der Waals surface area contributed by atoms with Crippen molar-refractivity contribution in [3.05, 3.63) is 48.0 Å². The molecule has 82 valence electrons. The van der Waals surface area contributed by atoms with Crippen molar-refractivity contribution >= 4 is 0 Å². The molecule has 3 nitrogen and oxygen atoms in total. The zero-order valence-corrected chi connectivity index (χ0v) is 8.84. The van der Waals surface area contributed by atoms with E-state index in [1.54, 1.807) is 24.3 Å². The lowest BCUT2D eigenvalue weighted by atomic mass is 10.2. The number of aryl methyl sites for hydroxylation is 1. The van der Waals surface area contributed by atoms with E-state index in [2.05, 4.69) is 0 Å². The topological polar surface area (TPSA) is 49.7 Å². The van der Waals surface area contributed by atoms with Gasteiger partial charge in [0.25, 0.3) is 0 Å². The van der Waals surface area contributed by atoms with E-state index in [9.17, 15) is 10.2 Å². The lowest BCUT2D eigenvalue weighted by molar-refractivity contribution is 0.373. The molecule has 2 rings (SSSR count). The van der Waals surface area contributed by atoms with E-state index >= 15 is 0 Å². The van der Waals surface area contributed by atoms with Crippen molar-refractivity contribution in [2.24, 2.45) is 0 Å². The van der Waals surface area contributed by atoms with Crippen LogP contribution < -0.4 is 4.74 Å². The Morgan fingerprint density at radius 2 is 1.62 bits per heavy atom. The number of rotatable bonds is 2. The zero-order chi connectivity index (χ0) is 11.5. The Kier molecular flexibility index (Phi) is 2.68. The second kappa shape index (κ2) is 4.14. The summed E-state index contributed by atoms with van der Waals surface area (Å²) in [5.41, 5.74) is 1.13. The van der Waals surface area contributed by atoms with Gasteiger partial charge in [-0.1, -0.05) is 23.8 Å². The van der Waals surface area contributed by atoms with E-state index in [1.807, 2.05) is 19.1 Å². The van der Waals surface area contributed by atoms with E-state index in [4.69, 9.17) is 4.74 Å². The summed E-state index contributed by atoms with van der Waals surface area (Å²) in [5, 5.41) is 18.8. The van der Waals surface area contributed by atoms with Gasteiger partial charge in [0.2, 0.25) is 5.75 Å². The summed E-state index contributed by atoms with van der Waals surface area (Å²) in [6, 6.07) is 12.0. The summed E-state index contributed by atoms with van der Waals surface area (Å²) in [4.78, 5) is 0.